The molecule has 8 nitrogen and oxygen atoms in total. The number of aliphatic imine (C=N–C) groups is 2. The average molecular weight is 651 g/mol. The molecule has 1 aromatic carbocycles. The molecule has 0 aromatic heterocycles. The number of aldehydes is 1. The van der Waals surface area contributed by atoms with Gasteiger partial charge in [0.05, 0.1) is 28.1 Å². The van der Waals surface area contributed by atoms with Gasteiger partial charge in [-0.05, 0) is 45.4 Å². The molecule has 0 spiro atoms. The minimum absolute atomic E-state index is 0. The number of phenolic OH excluding ortho intramolecular Hbond substituents is 1. The quantitative estimate of drug-likeness (QED) is 0.199. The number of thioether (sulfide) groups is 3. The van der Waals surface area contributed by atoms with E-state index in [1.165, 1.54) is 18.4 Å². The summed E-state index contributed by atoms with van der Waals surface area (Å²) in [5, 5.41) is 24.2. The summed E-state index contributed by atoms with van der Waals surface area (Å²) in [4.78, 5) is 35.4. The smallest absolute Gasteiger partial charge is 0.245 e. The third-order valence-corrected chi connectivity index (χ3v) is 13.0. The Balaban J connectivity index is 0.000000645. The summed E-state index contributed by atoms with van der Waals surface area (Å²) >= 11 is 5.17. The first-order valence-corrected chi connectivity index (χ1v) is 17.9. The second-order valence-corrected chi connectivity index (χ2v) is 15.6. The summed E-state index contributed by atoms with van der Waals surface area (Å²) in [6.07, 6.45) is 4.72. The van der Waals surface area contributed by atoms with E-state index in [0.717, 1.165) is 46.3 Å². The van der Waals surface area contributed by atoms with Gasteiger partial charge in [-0.3, -0.25) is 19.7 Å². The van der Waals surface area contributed by atoms with Crippen LogP contribution in [0.1, 0.15) is 72.4 Å². The molecular formula is C32H50N4O4S3. The number of aromatic hydroxyl groups is 1. The van der Waals surface area contributed by atoms with Crippen molar-refractivity contribution in [1.29, 1.82) is 0 Å². The van der Waals surface area contributed by atoms with Crippen LogP contribution in [0.15, 0.2) is 28.2 Å². The minimum Gasteiger partial charge on any atom is -0.507 e. The molecule has 11 heteroatoms. The summed E-state index contributed by atoms with van der Waals surface area (Å²) in [6.45, 7) is 10.0. The van der Waals surface area contributed by atoms with Gasteiger partial charge in [0.2, 0.25) is 5.91 Å². The summed E-state index contributed by atoms with van der Waals surface area (Å²) in [6, 6.07) is 6.09. The topological polar surface area (TPSA) is 106 Å². The van der Waals surface area contributed by atoms with Crippen molar-refractivity contribution in [3.8, 4) is 5.75 Å². The molecule has 0 aliphatic carbocycles. The van der Waals surface area contributed by atoms with Crippen molar-refractivity contribution in [3.63, 3.8) is 0 Å². The standard InChI is InChI=1S/C27H39N3O3S3.C4H7NO.CH4/c1-6-7-8-10-17-11-9-12-20(32)21(17)23-28-18(13-34-23)24-30(5)19(14-35-24)22(33)26(2,3)25-29-27(4,15-31)16-36-25;1-3-4(6)5(3)2;/h9,11-12,15,18-19,22,24,32-33H,6-8,10,13-14,16H2,1-5H3;3H,1-2H3;1H4. The second-order valence-electron chi connectivity index (χ2n) is 12.5. The molecule has 1 aromatic rings. The molecule has 4 aliphatic rings. The van der Waals surface area contributed by atoms with Crippen molar-refractivity contribution >= 4 is 57.6 Å². The van der Waals surface area contributed by atoms with Crippen LogP contribution in [0.4, 0.5) is 0 Å². The van der Waals surface area contributed by atoms with Gasteiger partial charge in [0.15, 0.2) is 0 Å². The molecule has 240 valence electrons. The van der Waals surface area contributed by atoms with Gasteiger partial charge in [-0.15, -0.1) is 35.3 Å². The van der Waals surface area contributed by atoms with E-state index in [1.54, 1.807) is 41.5 Å². The zero-order valence-electron chi connectivity index (χ0n) is 25.9. The van der Waals surface area contributed by atoms with Gasteiger partial charge < -0.3 is 19.9 Å². The third kappa shape index (κ3) is 7.83. The summed E-state index contributed by atoms with van der Waals surface area (Å²) in [5.41, 5.74) is 0.844. The third-order valence-electron chi connectivity index (χ3n) is 8.74. The molecule has 2 saturated heterocycles. The molecule has 0 saturated carbocycles. The maximum Gasteiger partial charge on any atom is 0.245 e. The largest absolute Gasteiger partial charge is 0.507 e. The van der Waals surface area contributed by atoms with E-state index < -0.39 is 17.1 Å². The van der Waals surface area contributed by atoms with Gasteiger partial charge in [-0.25, -0.2) is 0 Å². The number of aliphatic hydroxyl groups excluding tert-OH is 1. The monoisotopic (exact) mass is 650 g/mol. The summed E-state index contributed by atoms with van der Waals surface area (Å²) in [7, 11) is 3.88. The van der Waals surface area contributed by atoms with Crippen molar-refractivity contribution in [2.24, 2.45) is 15.4 Å². The van der Waals surface area contributed by atoms with Crippen LogP contribution >= 0.6 is 35.3 Å². The molecule has 1 amide bonds. The molecule has 2 N–H and O–H groups in total. The highest BCUT2D eigenvalue weighted by molar-refractivity contribution is 8.15. The molecule has 6 unspecified atom stereocenters. The predicted molar refractivity (Wildman–Crippen MR) is 185 cm³/mol. The average Bonchev–Trinajstić information content (AvgIpc) is 3.49. The van der Waals surface area contributed by atoms with Crippen LogP contribution in [0.5, 0.6) is 5.75 Å². The van der Waals surface area contributed by atoms with E-state index in [0.29, 0.717) is 11.5 Å². The number of phenols is 1. The van der Waals surface area contributed by atoms with Crippen molar-refractivity contribution in [2.75, 3.05) is 31.4 Å². The highest BCUT2D eigenvalue weighted by Gasteiger charge is 2.49. The lowest BCUT2D eigenvalue weighted by atomic mass is 9.83. The highest BCUT2D eigenvalue weighted by Crippen LogP contribution is 2.44. The first-order valence-electron chi connectivity index (χ1n) is 14.8. The maximum atomic E-state index is 11.5. The van der Waals surface area contributed by atoms with Crippen LogP contribution < -0.4 is 0 Å². The fraction of sp³-hybridized carbons (Fsp3) is 0.688. The Kier molecular flexibility index (Phi) is 12.3. The van der Waals surface area contributed by atoms with E-state index in [-0.39, 0.29) is 36.8 Å². The number of rotatable bonds is 10. The van der Waals surface area contributed by atoms with E-state index in [9.17, 15) is 19.8 Å². The Morgan fingerprint density at radius 2 is 1.88 bits per heavy atom. The van der Waals surface area contributed by atoms with Crippen LogP contribution in [0.2, 0.25) is 0 Å². The number of nitrogens with zero attached hydrogens (tertiary/aromatic N) is 4. The zero-order chi connectivity index (χ0) is 30.8. The first-order chi connectivity index (χ1) is 19.8. The van der Waals surface area contributed by atoms with Crippen LogP contribution in [-0.2, 0) is 16.0 Å². The van der Waals surface area contributed by atoms with E-state index in [1.807, 2.05) is 45.5 Å². The normalized spacial score (nSPS) is 29.4. The van der Waals surface area contributed by atoms with Crippen molar-refractivity contribution in [2.45, 2.75) is 103 Å². The van der Waals surface area contributed by atoms with Crippen LogP contribution in [-0.4, -0.2) is 109 Å². The fourth-order valence-corrected chi connectivity index (χ4v) is 9.71. The van der Waals surface area contributed by atoms with Gasteiger partial charge in [0, 0.05) is 35.8 Å². The number of hydrogen-bond acceptors (Lipinski definition) is 10. The van der Waals surface area contributed by atoms with Gasteiger partial charge >= 0.3 is 0 Å². The Hall–Kier alpha value is -1.53. The number of hydrogen-bond donors (Lipinski definition) is 2. The Labute approximate surface area is 270 Å². The number of likely N-dealkylation sites (N-methyl/N-ethyl adjacent to an activating group) is 2. The number of amides is 1. The van der Waals surface area contributed by atoms with Gasteiger partial charge in [0.25, 0.3) is 0 Å². The lowest BCUT2D eigenvalue weighted by Crippen LogP contribution is -2.51. The molecule has 0 radical (unpaired) electrons. The number of benzene rings is 1. The van der Waals surface area contributed by atoms with Crippen LogP contribution in [0.25, 0.3) is 0 Å². The van der Waals surface area contributed by atoms with Crippen LogP contribution in [0, 0.1) is 5.41 Å². The zero-order valence-corrected chi connectivity index (χ0v) is 28.3. The van der Waals surface area contributed by atoms with E-state index >= 15 is 0 Å². The lowest BCUT2D eigenvalue weighted by molar-refractivity contribution is -0.113. The molecule has 6 atom stereocenters. The predicted octanol–water partition coefficient (Wildman–Crippen LogP) is 5.33. The molecule has 4 heterocycles. The first kappa shape index (κ1) is 35.9. The molecule has 2 fully saturated rings. The molecular weight excluding hydrogens is 601 g/mol. The minimum atomic E-state index is -0.694. The second kappa shape index (κ2) is 14.7. The number of aliphatic hydroxyl groups is 1. The summed E-state index contributed by atoms with van der Waals surface area (Å²) < 4.78 is 0. The number of aryl methyl sites for hydroxylation is 1. The number of carbonyl (C=O) groups excluding carboxylic acids is 2. The molecule has 43 heavy (non-hydrogen) atoms. The van der Waals surface area contributed by atoms with Crippen molar-refractivity contribution in [1.82, 2.24) is 9.80 Å². The summed E-state index contributed by atoms with van der Waals surface area (Å²) in [5.74, 6) is 2.89. The van der Waals surface area contributed by atoms with E-state index in [4.69, 9.17) is 4.99 Å². The molecule has 0 bridgehead atoms. The SMILES string of the molecule is C.CC1C(=O)N1C.CCCCCc1cccc(O)c1C1=NC(C2SCC(C(O)C(C)(C)C3=NC(C)(C=O)CS3)N2C)CS1. The van der Waals surface area contributed by atoms with Crippen LogP contribution in [0.3, 0.4) is 0 Å². The Morgan fingerprint density at radius 3 is 2.47 bits per heavy atom. The number of carbonyl (C=O) groups is 2. The van der Waals surface area contributed by atoms with E-state index in [2.05, 4.69) is 29.9 Å². The maximum absolute atomic E-state index is 11.5. The molecule has 5 rings (SSSR count). The number of unbranched alkanes of at least 4 members (excludes halogenated alkanes) is 2. The van der Waals surface area contributed by atoms with Gasteiger partial charge in [-0.2, -0.15) is 0 Å². The van der Waals surface area contributed by atoms with Crippen molar-refractivity contribution < 1.29 is 19.8 Å². The Morgan fingerprint density at radius 1 is 1.21 bits per heavy atom. The van der Waals surface area contributed by atoms with Crippen molar-refractivity contribution in [3.05, 3.63) is 29.3 Å². The lowest BCUT2D eigenvalue weighted by Gasteiger charge is -2.38. The fourth-order valence-electron chi connectivity index (χ4n) is 5.50. The van der Waals surface area contributed by atoms with Gasteiger partial charge in [-0.1, -0.05) is 53.2 Å². The highest BCUT2D eigenvalue weighted by atomic mass is 32.2. The Bertz CT molecular complexity index is 1210. The molecule has 4 aliphatic heterocycles. The van der Waals surface area contributed by atoms with Gasteiger partial charge in [0.1, 0.15) is 28.7 Å².